The first kappa shape index (κ1) is 12.4. The van der Waals surface area contributed by atoms with Crippen molar-refractivity contribution in [3.8, 4) is 0 Å². The van der Waals surface area contributed by atoms with Crippen LogP contribution in [0, 0.1) is 0 Å². The average molecular weight is 304 g/mol. The van der Waals surface area contributed by atoms with E-state index in [-0.39, 0.29) is 6.10 Å². The summed E-state index contributed by atoms with van der Waals surface area (Å²) in [4.78, 5) is 12.1. The van der Waals surface area contributed by atoms with Gasteiger partial charge in [-0.05, 0) is 22.4 Å². The fraction of sp³-hybridized carbons (Fsp3) is 0.600. The molecule has 1 N–H and O–H groups in total. The Kier molecular flexibility index (Phi) is 3.68. The predicted molar refractivity (Wildman–Crippen MR) is 63.7 cm³/mol. The highest BCUT2D eigenvalue weighted by molar-refractivity contribution is 9.10. The molecule has 1 amide bonds. The maximum absolute atomic E-state index is 10.7. The van der Waals surface area contributed by atoms with E-state index in [0.29, 0.717) is 19.7 Å². The maximum atomic E-state index is 10.7. The molecule has 6 nitrogen and oxygen atoms in total. The lowest BCUT2D eigenvalue weighted by atomic mass is 10.3. The van der Waals surface area contributed by atoms with Gasteiger partial charge in [0.1, 0.15) is 4.60 Å². The Labute approximate surface area is 107 Å². The Morgan fingerprint density at radius 2 is 2.53 bits per heavy atom. The molecule has 2 rings (SSSR count). The van der Waals surface area contributed by atoms with Gasteiger partial charge in [-0.25, -0.2) is 4.79 Å². The number of aryl methyl sites for hydroxylation is 1. The Morgan fingerprint density at radius 3 is 3.06 bits per heavy atom. The van der Waals surface area contributed by atoms with E-state index in [1.165, 1.54) is 4.90 Å². The van der Waals surface area contributed by atoms with Crippen LogP contribution in [-0.4, -0.2) is 45.1 Å². The molecular formula is C10H14BrN3O3. The van der Waals surface area contributed by atoms with Gasteiger partial charge in [-0.15, -0.1) is 0 Å². The van der Waals surface area contributed by atoms with Gasteiger partial charge < -0.3 is 14.7 Å². The summed E-state index contributed by atoms with van der Waals surface area (Å²) < 4.78 is 8.29. The van der Waals surface area contributed by atoms with Crippen LogP contribution in [0.1, 0.15) is 12.0 Å². The largest absolute Gasteiger partial charge is 0.465 e. The van der Waals surface area contributed by atoms with Crippen molar-refractivity contribution >= 4 is 22.0 Å². The minimum absolute atomic E-state index is 0.0155. The number of carboxylic acid groups (broad SMARTS) is 1. The predicted octanol–water partition coefficient (Wildman–Crippen LogP) is 1.45. The number of rotatable bonds is 3. The van der Waals surface area contributed by atoms with E-state index in [1.807, 2.05) is 7.05 Å². The van der Waals surface area contributed by atoms with Crippen molar-refractivity contribution in [3.05, 3.63) is 16.4 Å². The molecule has 17 heavy (non-hydrogen) atoms. The summed E-state index contributed by atoms with van der Waals surface area (Å²) >= 11 is 3.41. The Morgan fingerprint density at radius 1 is 1.76 bits per heavy atom. The number of nitrogens with zero attached hydrogens (tertiary/aromatic N) is 3. The first-order valence-corrected chi connectivity index (χ1v) is 6.13. The van der Waals surface area contributed by atoms with Gasteiger partial charge in [0.05, 0.1) is 25.5 Å². The van der Waals surface area contributed by atoms with Crippen LogP contribution in [0.2, 0.25) is 0 Å². The molecule has 1 saturated heterocycles. The van der Waals surface area contributed by atoms with Gasteiger partial charge in [0, 0.05) is 19.2 Å². The number of carbonyl (C=O) groups is 1. The van der Waals surface area contributed by atoms with Gasteiger partial charge in [0.25, 0.3) is 0 Å². The number of hydrogen-bond donors (Lipinski definition) is 1. The summed E-state index contributed by atoms with van der Waals surface area (Å²) in [5, 5.41) is 12.9. The second-order valence-corrected chi connectivity index (χ2v) is 4.79. The van der Waals surface area contributed by atoms with Crippen LogP contribution < -0.4 is 0 Å². The Bertz CT molecular complexity index is 421. The van der Waals surface area contributed by atoms with Crippen molar-refractivity contribution < 1.29 is 14.6 Å². The molecular weight excluding hydrogens is 290 g/mol. The van der Waals surface area contributed by atoms with Crippen LogP contribution in [0.4, 0.5) is 4.79 Å². The topological polar surface area (TPSA) is 67.6 Å². The van der Waals surface area contributed by atoms with Gasteiger partial charge in [-0.3, -0.25) is 4.68 Å². The molecule has 0 aromatic carbocycles. The van der Waals surface area contributed by atoms with Gasteiger partial charge in [-0.2, -0.15) is 5.10 Å². The van der Waals surface area contributed by atoms with Gasteiger partial charge >= 0.3 is 6.09 Å². The number of ether oxygens (including phenoxy) is 1. The first-order chi connectivity index (χ1) is 8.08. The summed E-state index contributed by atoms with van der Waals surface area (Å²) in [5.74, 6) is 0. The normalized spacial score (nSPS) is 19.9. The molecule has 1 fully saturated rings. The second-order valence-electron chi connectivity index (χ2n) is 4.03. The van der Waals surface area contributed by atoms with E-state index in [2.05, 4.69) is 21.0 Å². The summed E-state index contributed by atoms with van der Waals surface area (Å²) in [6.45, 7) is 1.45. The molecule has 1 aliphatic rings. The number of halogens is 1. The van der Waals surface area contributed by atoms with Crippen molar-refractivity contribution in [2.75, 3.05) is 13.1 Å². The van der Waals surface area contributed by atoms with Gasteiger partial charge in [0.2, 0.25) is 0 Å². The Balaban J connectivity index is 1.84. The zero-order chi connectivity index (χ0) is 12.4. The lowest BCUT2D eigenvalue weighted by Gasteiger charge is -2.12. The number of amides is 1. The van der Waals surface area contributed by atoms with Crippen molar-refractivity contribution in [1.29, 1.82) is 0 Å². The lowest BCUT2D eigenvalue weighted by Crippen LogP contribution is -2.28. The van der Waals surface area contributed by atoms with Crippen LogP contribution in [0.5, 0.6) is 0 Å². The summed E-state index contributed by atoms with van der Waals surface area (Å²) in [7, 11) is 1.84. The lowest BCUT2D eigenvalue weighted by molar-refractivity contribution is 0.0462. The minimum atomic E-state index is -0.876. The van der Waals surface area contributed by atoms with E-state index in [0.717, 1.165) is 16.6 Å². The molecule has 1 aromatic rings. The number of hydrogen-bond acceptors (Lipinski definition) is 3. The summed E-state index contributed by atoms with van der Waals surface area (Å²) in [6.07, 6.45) is 1.61. The molecule has 94 valence electrons. The molecule has 0 aliphatic carbocycles. The van der Waals surface area contributed by atoms with Crippen molar-refractivity contribution in [2.24, 2.45) is 7.05 Å². The van der Waals surface area contributed by atoms with Crippen molar-refractivity contribution in [1.82, 2.24) is 14.7 Å². The zero-order valence-corrected chi connectivity index (χ0v) is 11.1. The molecule has 0 bridgehead atoms. The third-order valence-corrected chi connectivity index (χ3v) is 3.85. The molecule has 1 atom stereocenters. The molecule has 0 radical (unpaired) electrons. The maximum Gasteiger partial charge on any atom is 0.407 e. The third kappa shape index (κ3) is 2.78. The minimum Gasteiger partial charge on any atom is -0.465 e. The standard InChI is InChI=1S/C10H14BrN3O3/c1-13-9(11)7(4-12-13)6-17-8-2-3-14(5-8)10(15)16/h4,8H,2-3,5-6H2,1H3,(H,15,16). The van der Waals surface area contributed by atoms with E-state index >= 15 is 0 Å². The van der Waals surface area contributed by atoms with E-state index < -0.39 is 6.09 Å². The summed E-state index contributed by atoms with van der Waals surface area (Å²) in [5.41, 5.74) is 0.973. The van der Waals surface area contributed by atoms with Gasteiger partial charge in [0.15, 0.2) is 0 Å². The first-order valence-electron chi connectivity index (χ1n) is 5.33. The van der Waals surface area contributed by atoms with Crippen LogP contribution in [0.3, 0.4) is 0 Å². The Hall–Kier alpha value is -1.08. The fourth-order valence-corrected chi connectivity index (χ4v) is 2.12. The van der Waals surface area contributed by atoms with Crippen LogP contribution in [0.15, 0.2) is 10.8 Å². The quantitative estimate of drug-likeness (QED) is 0.918. The van der Waals surface area contributed by atoms with Crippen molar-refractivity contribution in [2.45, 2.75) is 19.1 Å². The van der Waals surface area contributed by atoms with Crippen LogP contribution >= 0.6 is 15.9 Å². The molecule has 7 heteroatoms. The third-order valence-electron chi connectivity index (χ3n) is 2.83. The van der Waals surface area contributed by atoms with Gasteiger partial charge in [-0.1, -0.05) is 0 Å². The molecule has 1 unspecified atom stereocenters. The number of aromatic nitrogens is 2. The molecule has 0 spiro atoms. The van der Waals surface area contributed by atoms with Crippen molar-refractivity contribution in [3.63, 3.8) is 0 Å². The fourth-order valence-electron chi connectivity index (χ4n) is 1.81. The molecule has 2 heterocycles. The second kappa shape index (κ2) is 5.05. The van der Waals surface area contributed by atoms with E-state index in [1.54, 1.807) is 10.9 Å². The molecule has 0 saturated carbocycles. The van der Waals surface area contributed by atoms with E-state index in [4.69, 9.17) is 9.84 Å². The number of likely N-dealkylation sites (tertiary alicyclic amines) is 1. The SMILES string of the molecule is Cn1ncc(COC2CCN(C(=O)O)C2)c1Br. The summed E-state index contributed by atoms with van der Waals surface area (Å²) in [6, 6.07) is 0. The highest BCUT2D eigenvalue weighted by Gasteiger charge is 2.26. The molecule has 1 aromatic heterocycles. The van der Waals surface area contributed by atoms with Crippen LogP contribution in [-0.2, 0) is 18.4 Å². The average Bonchev–Trinajstić information content (AvgIpc) is 2.86. The molecule has 1 aliphatic heterocycles. The van der Waals surface area contributed by atoms with E-state index in [9.17, 15) is 4.79 Å². The van der Waals surface area contributed by atoms with Crippen LogP contribution in [0.25, 0.3) is 0 Å². The highest BCUT2D eigenvalue weighted by atomic mass is 79.9. The monoisotopic (exact) mass is 303 g/mol. The smallest absolute Gasteiger partial charge is 0.407 e. The zero-order valence-electron chi connectivity index (χ0n) is 9.47. The highest BCUT2D eigenvalue weighted by Crippen LogP contribution is 2.19.